The van der Waals surface area contributed by atoms with Crippen LogP contribution in [-0.4, -0.2) is 21.6 Å². The molecular weight excluding hydrogens is 415 g/mol. The predicted octanol–water partition coefficient (Wildman–Crippen LogP) is 6.36. The largest absolute Gasteiger partial charge is 0.494 e. The number of thiazole rings is 1. The Hall–Kier alpha value is -2.54. The van der Waals surface area contributed by atoms with E-state index in [0.29, 0.717) is 10.0 Å². The van der Waals surface area contributed by atoms with Crippen LogP contribution in [0.3, 0.4) is 0 Å². The number of hydrogen-bond donors (Lipinski definition) is 1. The van der Waals surface area contributed by atoms with Crippen molar-refractivity contribution in [3.05, 3.63) is 70.0 Å². The predicted molar refractivity (Wildman–Crippen MR) is 116 cm³/mol. The molecule has 0 amide bonds. The molecule has 0 radical (unpaired) electrons. The first-order valence-electron chi connectivity index (χ1n) is 8.40. The van der Waals surface area contributed by atoms with Gasteiger partial charge in [-0.1, -0.05) is 23.2 Å². The van der Waals surface area contributed by atoms with E-state index in [1.165, 1.54) is 11.3 Å². The molecular formula is C20H16Cl2N4OS. The zero-order valence-electron chi connectivity index (χ0n) is 15.1. The van der Waals surface area contributed by atoms with E-state index in [2.05, 4.69) is 15.3 Å². The van der Waals surface area contributed by atoms with Crippen molar-refractivity contribution in [1.29, 1.82) is 0 Å². The summed E-state index contributed by atoms with van der Waals surface area (Å²) < 4.78 is 7.48. The van der Waals surface area contributed by atoms with Crippen LogP contribution in [0.25, 0.3) is 16.9 Å². The second-order valence-corrected chi connectivity index (χ2v) is 7.80. The van der Waals surface area contributed by atoms with Gasteiger partial charge < -0.3 is 14.6 Å². The smallest absolute Gasteiger partial charge is 0.187 e. The summed E-state index contributed by atoms with van der Waals surface area (Å²) in [7, 11) is 1.65. The molecule has 0 saturated heterocycles. The Morgan fingerprint density at radius 2 is 2.00 bits per heavy atom. The van der Waals surface area contributed by atoms with Crippen molar-refractivity contribution in [2.24, 2.45) is 0 Å². The first-order chi connectivity index (χ1) is 13.5. The van der Waals surface area contributed by atoms with Crippen LogP contribution in [0.15, 0.2) is 54.3 Å². The fourth-order valence-electron chi connectivity index (χ4n) is 2.79. The van der Waals surface area contributed by atoms with Crippen LogP contribution in [0, 0.1) is 6.92 Å². The minimum atomic E-state index is 0.614. The van der Waals surface area contributed by atoms with Gasteiger partial charge in [-0.25, -0.2) is 9.97 Å². The van der Waals surface area contributed by atoms with E-state index >= 15 is 0 Å². The van der Waals surface area contributed by atoms with Gasteiger partial charge in [0.25, 0.3) is 0 Å². The number of benzene rings is 2. The van der Waals surface area contributed by atoms with Crippen LogP contribution < -0.4 is 10.1 Å². The Balaban J connectivity index is 1.60. The van der Waals surface area contributed by atoms with Gasteiger partial charge in [-0.15, -0.1) is 11.3 Å². The molecule has 0 bridgehead atoms. The number of imidazole rings is 1. The third kappa shape index (κ3) is 3.85. The third-order valence-corrected chi connectivity index (χ3v) is 5.45. The molecule has 1 N–H and O–H groups in total. The van der Waals surface area contributed by atoms with Gasteiger partial charge in [-0.05, 0) is 37.3 Å². The molecule has 0 unspecified atom stereocenters. The molecule has 2 aromatic carbocycles. The van der Waals surface area contributed by atoms with Crippen LogP contribution >= 0.6 is 34.5 Å². The lowest BCUT2D eigenvalue weighted by atomic mass is 10.2. The first-order valence-corrected chi connectivity index (χ1v) is 10.0. The second-order valence-electron chi connectivity index (χ2n) is 6.10. The molecule has 0 aliphatic rings. The van der Waals surface area contributed by atoms with Gasteiger partial charge in [0.15, 0.2) is 5.13 Å². The van der Waals surface area contributed by atoms with Crippen molar-refractivity contribution >= 4 is 45.4 Å². The lowest BCUT2D eigenvalue weighted by Gasteiger charge is -2.11. The molecule has 0 spiro atoms. The molecule has 142 valence electrons. The van der Waals surface area contributed by atoms with Crippen molar-refractivity contribution in [3.63, 3.8) is 0 Å². The molecule has 4 aromatic rings. The average molecular weight is 431 g/mol. The Labute approximate surface area is 176 Å². The third-order valence-electron chi connectivity index (χ3n) is 4.13. The van der Waals surface area contributed by atoms with E-state index < -0.39 is 0 Å². The number of rotatable bonds is 5. The number of nitrogens with one attached hydrogen (secondary N) is 1. The molecule has 0 aliphatic carbocycles. The molecule has 0 aliphatic heterocycles. The molecule has 4 rings (SSSR count). The van der Waals surface area contributed by atoms with Gasteiger partial charge in [0.2, 0.25) is 0 Å². The normalized spacial score (nSPS) is 10.9. The van der Waals surface area contributed by atoms with Crippen LogP contribution in [-0.2, 0) is 0 Å². The fourth-order valence-corrected chi connectivity index (χ4v) is 3.91. The van der Waals surface area contributed by atoms with Gasteiger partial charge in [-0.2, -0.15) is 0 Å². The molecule has 8 heteroatoms. The SMILES string of the molecule is COc1cc(Nc2nc(-c3cc(Cl)ccc3Cl)cs2)ccc1-n1cnc(C)c1. The lowest BCUT2D eigenvalue weighted by molar-refractivity contribution is 0.413. The maximum atomic E-state index is 6.28. The Bertz CT molecular complexity index is 1140. The number of anilines is 2. The zero-order chi connectivity index (χ0) is 19.7. The monoisotopic (exact) mass is 430 g/mol. The number of methoxy groups -OCH3 is 1. The van der Waals surface area contributed by atoms with Crippen LogP contribution in [0.2, 0.25) is 10.0 Å². The van der Waals surface area contributed by atoms with Gasteiger partial charge in [0.1, 0.15) is 5.75 Å². The molecule has 2 heterocycles. The van der Waals surface area contributed by atoms with Gasteiger partial charge >= 0.3 is 0 Å². The van der Waals surface area contributed by atoms with Gasteiger partial charge in [0, 0.05) is 33.9 Å². The fraction of sp³-hybridized carbons (Fsp3) is 0.100. The van der Waals surface area contributed by atoms with Crippen molar-refractivity contribution < 1.29 is 4.74 Å². The Morgan fingerprint density at radius 1 is 1.14 bits per heavy atom. The molecule has 0 atom stereocenters. The summed E-state index contributed by atoms with van der Waals surface area (Å²) in [6.45, 7) is 1.95. The summed E-state index contributed by atoms with van der Waals surface area (Å²) in [6.07, 6.45) is 3.72. The highest BCUT2D eigenvalue weighted by atomic mass is 35.5. The summed E-state index contributed by atoms with van der Waals surface area (Å²) in [4.78, 5) is 8.89. The molecule has 28 heavy (non-hydrogen) atoms. The first kappa shape index (κ1) is 18.8. The zero-order valence-corrected chi connectivity index (χ0v) is 17.4. The van der Waals surface area contributed by atoms with E-state index in [4.69, 9.17) is 27.9 Å². The quantitative estimate of drug-likeness (QED) is 0.399. The number of ether oxygens (including phenoxy) is 1. The molecule has 5 nitrogen and oxygen atoms in total. The average Bonchev–Trinajstić information content (AvgIpc) is 3.32. The maximum Gasteiger partial charge on any atom is 0.187 e. The lowest BCUT2D eigenvalue weighted by Crippen LogP contribution is -1.97. The summed E-state index contributed by atoms with van der Waals surface area (Å²) >= 11 is 13.9. The van der Waals surface area contributed by atoms with Gasteiger partial charge in [-0.3, -0.25) is 0 Å². The number of hydrogen-bond acceptors (Lipinski definition) is 5. The second kappa shape index (κ2) is 7.83. The van der Waals surface area contributed by atoms with Gasteiger partial charge in [0.05, 0.1) is 35.5 Å². The van der Waals surface area contributed by atoms with E-state index in [9.17, 15) is 0 Å². The highest BCUT2D eigenvalue weighted by Crippen LogP contribution is 2.34. The topological polar surface area (TPSA) is 52.0 Å². The summed E-state index contributed by atoms with van der Waals surface area (Å²) in [6, 6.07) is 11.2. The molecule has 2 aromatic heterocycles. The van der Waals surface area contributed by atoms with E-state index in [1.807, 2.05) is 47.3 Å². The van der Waals surface area contributed by atoms with Crippen molar-refractivity contribution in [2.75, 3.05) is 12.4 Å². The highest BCUT2D eigenvalue weighted by Gasteiger charge is 2.11. The van der Waals surface area contributed by atoms with E-state index in [-0.39, 0.29) is 0 Å². The van der Waals surface area contributed by atoms with E-state index in [0.717, 1.165) is 39.2 Å². The number of aryl methyl sites for hydroxylation is 1. The Morgan fingerprint density at radius 3 is 2.75 bits per heavy atom. The van der Waals surface area contributed by atoms with E-state index in [1.54, 1.807) is 25.6 Å². The number of aromatic nitrogens is 3. The molecule has 0 fully saturated rings. The summed E-state index contributed by atoms with van der Waals surface area (Å²) in [5.74, 6) is 0.733. The highest BCUT2D eigenvalue weighted by molar-refractivity contribution is 7.14. The number of nitrogens with zero attached hydrogens (tertiary/aromatic N) is 3. The minimum Gasteiger partial charge on any atom is -0.494 e. The maximum absolute atomic E-state index is 6.28. The van der Waals surface area contributed by atoms with Crippen molar-refractivity contribution in [1.82, 2.24) is 14.5 Å². The van der Waals surface area contributed by atoms with Crippen molar-refractivity contribution in [3.8, 4) is 22.7 Å². The Kier molecular flexibility index (Phi) is 5.26. The number of halogens is 2. The summed E-state index contributed by atoms with van der Waals surface area (Å²) in [5.41, 5.74) is 4.31. The van der Waals surface area contributed by atoms with Crippen LogP contribution in [0.1, 0.15) is 5.69 Å². The molecule has 0 saturated carbocycles. The van der Waals surface area contributed by atoms with Crippen molar-refractivity contribution in [2.45, 2.75) is 6.92 Å². The standard InChI is InChI=1S/C20H16Cl2N4OS/c1-12-9-26(11-23-12)18-6-4-14(8-19(18)27-2)24-20-25-17(10-28-20)15-7-13(21)3-5-16(15)22/h3-11H,1-2H3,(H,24,25). The minimum absolute atomic E-state index is 0.614. The van der Waals surface area contributed by atoms with Crippen LogP contribution in [0.4, 0.5) is 10.8 Å². The summed E-state index contributed by atoms with van der Waals surface area (Å²) in [5, 5.41) is 7.24. The van der Waals surface area contributed by atoms with Crippen LogP contribution in [0.5, 0.6) is 5.75 Å².